The molecule has 0 aliphatic heterocycles. The standard InChI is InChI=1S/C16H15FN2O3/c1-11-4-2-3-5-14(11)22-10-15(20)18-19-16(21)12-6-8-13(17)9-7-12/h2-9H,10H2,1H3,(H,18,20)(H,19,21). The van der Waals surface area contributed by atoms with Gasteiger partial charge in [-0.15, -0.1) is 0 Å². The molecule has 0 bridgehead atoms. The van der Waals surface area contributed by atoms with Crippen LogP contribution in [-0.2, 0) is 4.79 Å². The van der Waals surface area contributed by atoms with E-state index >= 15 is 0 Å². The molecule has 0 fully saturated rings. The molecule has 0 aliphatic rings. The lowest BCUT2D eigenvalue weighted by Crippen LogP contribution is -2.43. The summed E-state index contributed by atoms with van der Waals surface area (Å²) in [6, 6.07) is 12.3. The van der Waals surface area contributed by atoms with E-state index in [2.05, 4.69) is 10.9 Å². The second-order valence-electron chi connectivity index (χ2n) is 4.56. The first-order valence-electron chi connectivity index (χ1n) is 6.59. The first-order valence-corrected chi connectivity index (χ1v) is 6.59. The van der Waals surface area contributed by atoms with Gasteiger partial charge in [0.1, 0.15) is 11.6 Å². The second kappa shape index (κ2) is 7.21. The van der Waals surface area contributed by atoms with Gasteiger partial charge in [-0.3, -0.25) is 20.4 Å². The molecule has 22 heavy (non-hydrogen) atoms. The number of para-hydroxylation sites is 1. The van der Waals surface area contributed by atoms with Gasteiger partial charge in [0.15, 0.2) is 6.61 Å². The van der Waals surface area contributed by atoms with Crippen LogP contribution < -0.4 is 15.6 Å². The number of rotatable bonds is 4. The van der Waals surface area contributed by atoms with Crippen molar-refractivity contribution in [3.8, 4) is 5.75 Å². The molecule has 0 unspecified atom stereocenters. The number of hydrogen-bond donors (Lipinski definition) is 2. The molecule has 0 spiro atoms. The first kappa shape index (κ1) is 15.5. The van der Waals surface area contributed by atoms with Crippen LogP contribution in [0.5, 0.6) is 5.75 Å². The van der Waals surface area contributed by atoms with Crippen LogP contribution in [0.1, 0.15) is 15.9 Å². The number of ether oxygens (including phenoxy) is 1. The van der Waals surface area contributed by atoms with Gasteiger partial charge in [-0.05, 0) is 42.8 Å². The van der Waals surface area contributed by atoms with E-state index < -0.39 is 17.6 Å². The van der Waals surface area contributed by atoms with Gasteiger partial charge in [0, 0.05) is 5.56 Å². The van der Waals surface area contributed by atoms with Crippen molar-refractivity contribution in [2.45, 2.75) is 6.92 Å². The summed E-state index contributed by atoms with van der Waals surface area (Å²) in [6.07, 6.45) is 0. The van der Waals surface area contributed by atoms with Crippen LogP contribution in [0, 0.1) is 12.7 Å². The minimum atomic E-state index is -0.538. The average Bonchev–Trinajstić information content (AvgIpc) is 2.52. The van der Waals surface area contributed by atoms with Crippen LogP contribution in [0.2, 0.25) is 0 Å². The number of aryl methyl sites for hydroxylation is 1. The van der Waals surface area contributed by atoms with E-state index in [1.807, 2.05) is 19.1 Å². The summed E-state index contributed by atoms with van der Waals surface area (Å²) >= 11 is 0. The van der Waals surface area contributed by atoms with Crippen LogP contribution in [0.4, 0.5) is 4.39 Å². The molecular formula is C16H15FN2O3. The predicted octanol–water partition coefficient (Wildman–Crippen LogP) is 1.97. The highest BCUT2D eigenvalue weighted by atomic mass is 19.1. The van der Waals surface area contributed by atoms with Crippen molar-refractivity contribution in [1.82, 2.24) is 10.9 Å². The van der Waals surface area contributed by atoms with Crippen molar-refractivity contribution in [2.75, 3.05) is 6.61 Å². The molecule has 0 aromatic heterocycles. The minimum Gasteiger partial charge on any atom is -0.483 e. The van der Waals surface area contributed by atoms with Crippen molar-refractivity contribution in [2.24, 2.45) is 0 Å². The molecule has 0 heterocycles. The molecule has 2 aromatic rings. The van der Waals surface area contributed by atoms with Gasteiger partial charge in [0.2, 0.25) is 0 Å². The van der Waals surface area contributed by atoms with E-state index in [1.165, 1.54) is 12.1 Å². The zero-order valence-electron chi connectivity index (χ0n) is 11.9. The number of carbonyl (C=O) groups excluding carboxylic acids is 2. The number of carbonyl (C=O) groups is 2. The Kier molecular flexibility index (Phi) is 5.08. The van der Waals surface area contributed by atoms with Gasteiger partial charge in [-0.1, -0.05) is 18.2 Å². The fourth-order valence-corrected chi connectivity index (χ4v) is 1.70. The fraction of sp³-hybridized carbons (Fsp3) is 0.125. The van der Waals surface area contributed by atoms with E-state index in [0.717, 1.165) is 17.7 Å². The summed E-state index contributed by atoms with van der Waals surface area (Å²) in [5.41, 5.74) is 5.60. The van der Waals surface area contributed by atoms with Gasteiger partial charge in [0.25, 0.3) is 11.8 Å². The molecule has 0 saturated heterocycles. The van der Waals surface area contributed by atoms with Crippen LogP contribution in [0.15, 0.2) is 48.5 Å². The highest BCUT2D eigenvalue weighted by Gasteiger charge is 2.08. The predicted molar refractivity (Wildman–Crippen MR) is 78.7 cm³/mol. The van der Waals surface area contributed by atoms with Crippen LogP contribution in [-0.4, -0.2) is 18.4 Å². The summed E-state index contributed by atoms with van der Waals surface area (Å²) in [5, 5.41) is 0. The molecule has 0 aliphatic carbocycles. The molecule has 5 nitrogen and oxygen atoms in total. The van der Waals surface area contributed by atoms with E-state index in [-0.39, 0.29) is 12.2 Å². The smallest absolute Gasteiger partial charge is 0.276 e. The maximum absolute atomic E-state index is 12.7. The normalized spacial score (nSPS) is 9.91. The zero-order chi connectivity index (χ0) is 15.9. The molecule has 6 heteroatoms. The molecule has 2 N–H and O–H groups in total. The summed E-state index contributed by atoms with van der Waals surface area (Å²) in [4.78, 5) is 23.3. The van der Waals surface area contributed by atoms with Crippen LogP contribution in [0.25, 0.3) is 0 Å². The summed E-state index contributed by atoms with van der Waals surface area (Å²) < 4.78 is 18.1. The van der Waals surface area contributed by atoms with Gasteiger partial charge < -0.3 is 4.74 Å². The lowest BCUT2D eigenvalue weighted by molar-refractivity contribution is -0.123. The van der Waals surface area contributed by atoms with Crippen molar-refractivity contribution in [3.63, 3.8) is 0 Å². The number of benzene rings is 2. The van der Waals surface area contributed by atoms with Crippen LogP contribution in [0.3, 0.4) is 0 Å². The second-order valence-corrected chi connectivity index (χ2v) is 4.56. The molecular weight excluding hydrogens is 287 g/mol. The minimum absolute atomic E-state index is 0.228. The zero-order valence-corrected chi connectivity index (χ0v) is 11.9. The number of halogens is 1. The average molecular weight is 302 g/mol. The number of nitrogens with one attached hydrogen (secondary N) is 2. The Morgan fingerprint density at radius 2 is 1.73 bits per heavy atom. The van der Waals surface area contributed by atoms with Gasteiger partial charge in [-0.2, -0.15) is 0 Å². The summed E-state index contributed by atoms with van der Waals surface area (Å²) in [5.74, 6) is -0.877. The maximum Gasteiger partial charge on any atom is 0.276 e. The van der Waals surface area contributed by atoms with Crippen molar-refractivity contribution >= 4 is 11.8 Å². The molecule has 2 rings (SSSR count). The SMILES string of the molecule is Cc1ccccc1OCC(=O)NNC(=O)c1ccc(F)cc1. The largest absolute Gasteiger partial charge is 0.483 e. The highest BCUT2D eigenvalue weighted by molar-refractivity contribution is 5.95. The summed E-state index contributed by atoms with van der Waals surface area (Å²) in [7, 11) is 0. The first-order chi connectivity index (χ1) is 10.6. The Morgan fingerprint density at radius 1 is 1.05 bits per heavy atom. The number of amides is 2. The Balaban J connectivity index is 1.79. The molecule has 2 amide bonds. The fourth-order valence-electron chi connectivity index (χ4n) is 1.70. The third kappa shape index (κ3) is 4.31. The third-order valence-electron chi connectivity index (χ3n) is 2.87. The van der Waals surface area contributed by atoms with Gasteiger partial charge in [0.05, 0.1) is 0 Å². The maximum atomic E-state index is 12.7. The van der Waals surface area contributed by atoms with Gasteiger partial charge >= 0.3 is 0 Å². The van der Waals surface area contributed by atoms with Crippen molar-refractivity contribution in [1.29, 1.82) is 0 Å². The van der Waals surface area contributed by atoms with Crippen molar-refractivity contribution < 1.29 is 18.7 Å². The number of hydrazine groups is 1. The van der Waals surface area contributed by atoms with E-state index in [9.17, 15) is 14.0 Å². The molecule has 0 radical (unpaired) electrons. The third-order valence-corrected chi connectivity index (χ3v) is 2.87. The monoisotopic (exact) mass is 302 g/mol. The van der Waals surface area contributed by atoms with Crippen molar-refractivity contribution in [3.05, 3.63) is 65.5 Å². The summed E-state index contributed by atoms with van der Waals surface area (Å²) in [6.45, 7) is 1.64. The van der Waals surface area contributed by atoms with E-state index in [1.54, 1.807) is 12.1 Å². The van der Waals surface area contributed by atoms with E-state index in [0.29, 0.717) is 5.75 Å². The number of hydrogen-bond acceptors (Lipinski definition) is 3. The van der Waals surface area contributed by atoms with Crippen LogP contribution >= 0.6 is 0 Å². The molecule has 0 atom stereocenters. The Hall–Kier alpha value is -2.89. The van der Waals surface area contributed by atoms with Gasteiger partial charge in [-0.25, -0.2) is 4.39 Å². The molecule has 114 valence electrons. The quantitative estimate of drug-likeness (QED) is 0.849. The van der Waals surface area contributed by atoms with E-state index in [4.69, 9.17) is 4.74 Å². The Bertz CT molecular complexity index is 671. The highest BCUT2D eigenvalue weighted by Crippen LogP contribution is 2.15. The lowest BCUT2D eigenvalue weighted by atomic mass is 10.2. The molecule has 2 aromatic carbocycles. The molecule has 0 saturated carbocycles. The Labute approximate surface area is 127 Å². The lowest BCUT2D eigenvalue weighted by Gasteiger charge is -2.10. The Morgan fingerprint density at radius 3 is 2.41 bits per heavy atom. The topological polar surface area (TPSA) is 67.4 Å².